The molecule has 0 bridgehead atoms. The summed E-state index contributed by atoms with van der Waals surface area (Å²) in [7, 11) is 0. The Kier molecular flexibility index (Phi) is 5.31. The van der Waals surface area contributed by atoms with Gasteiger partial charge in [0, 0.05) is 5.75 Å². The molecule has 74 valence electrons. The molecule has 0 aliphatic rings. The van der Waals surface area contributed by atoms with Crippen molar-refractivity contribution in [3.05, 3.63) is 5.82 Å². The number of nitrogens with one attached hydrogen (secondary N) is 1. The zero-order valence-corrected chi connectivity index (χ0v) is 9.50. The van der Waals surface area contributed by atoms with Gasteiger partial charge in [-0.2, -0.15) is 12.6 Å². The first-order chi connectivity index (χ1) is 6.33. The molecular formula is C8H15N3S2. The van der Waals surface area contributed by atoms with Crippen LogP contribution < -0.4 is 0 Å². The third-order valence-electron chi connectivity index (χ3n) is 1.61. The van der Waals surface area contributed by atoms with Crippen molar-refractivity contribution < 1.29 is 0 Å². The van der Waals surface area contributed by atoms with E-state index in [1.54, 1.807) is 11.8 Å². The first-order valence-corrected chi connectivity index (χ1v) is 6.07. The zero-order chi connectivity index (χ0) is 9.52. The van der Waals surface area contributed by atoms with E-state index in [0.29, 0.717) is 0 Å². The molecule has 0 spiro atoms. The molecule has 0 aromatic carbocycles. The Morgan fingerprint density at radius 2 is 2.23 bits per heavy atom. The maximum atomic E-state index is 4.21. The van der Waals surface area contributed by atoms with Gasteiger partial charge in [-0.3, -0.25) is 5.10 Å². The van der Waals surface area contributed by atoms with Gasteiger partial charge in [-0.15, -0.1) is 5.10 Å². The SMILES string of the molecule is Cc1nc(SCCCCCS)n[nH]1. The van der Waals surface area contributed by atoms with E-state index >= 15 is 0 Å². The molecule has 0 fully saturated rings. The summed E-state index contributed by atoms with van der Waals surface area (Å²) in [4.78, 5) is 4.21. The highest BCUT2D eigenvalue weighted by atomic mass is 32.2. The van der Waals surface area contributed by atoms with Crippen molar-refractivity contribution in [3.63, 3.8) is 0 Å². The molecule has 0 atom stereocenters. The van der Waals surface area contributed by atoms with E-state index in [1.165, 1.54) is 19.3 Å². The Morgan fingerprint density at radius 1 is 1.38 bits per heavy atom. The Balaban J connectivity index is 2.06. The van der Waals surface area contributed by atoms with Gasteiger partial charge in [0.1, 0.15) is 5.82 Å². The molecule has 0 radical (unpaired) electrons. The van der Waals surface area contributed by atoms with Crippen molar-refractivity contribution in [2.45, 2.75) is 31.3 Å². The third-order valence-corrected chi connectivity index (χ3v) is 2.86. The van der Waals surface area contributed by atoms with Crippen molar-refractivity contribution in [1.29, 1.82) is 0 Å². The van der Waals surface area contributed by atoms with Gasteiger partial charge in [0.2, 0.25) is 5.16 Å². The number of nitrogens with zero attached hydrogens (tertiary/aromatic N) is 2. The summed E-state index contributed by atoms with van der Waals surface area (Å²) in [6.07, 6.45) is 3.68. The van der Waals surface area contributed by atoms with Crippen molar-refractivity contribution >= 4 is 24.4 Å². The Morgan fingerprint density at radius 3 is 2.85 bits per heavy atom. The molecular weight excluding hydrogens is 202 g/mol. The number of rotatable bonds is 6. The highest BCUT2D eigenvalue weighted by molar-refractivity contribution is 7.99. The maximum Gasteiger partial charge on any atom is 0.208 e. The number of hydrogen-bond acceptors (Lipinski definition) is 4. The lowest BCUT2D eigenvalue weighted by atomic mass is 10.3. The predicted octanol–water partition coefficient (Wildman–Crippen LogP) is 2.31. The molecule has 0 unspecified atom stereocenters. The molecule has 0 aliphatic carbocycles. The predicted molar refractivity (Wildman–Crippen MR) is 59.5 cm³/mol. The van der Waals surface area contributed by atoms with Gasteiger partial charge >= 0.3 is 0 Å². The summed E-state index contributed by atoms with van der Waals surface area (Å²) in [6, 6.07) is 0. The van der Waals surface area contributed by atoms with Gasteiger partial charge in [0.05, 0.1) is 0 Å². The normalized spacial score (nSPS) is 10.6. The van der Waals surface area contributed by atoms with E-state index in [9.17, 15) is 0 Å². The van der Waals surface area contributed by atoms with Crippen molar-refractivity contribution in [2.24, 2.45) is 0 Å². The lowest BCUT2D eigenvalue weighted by Gasteiger charge is -1.95. The van der Waals surface area contributed by atoms with Crippen molar-refractivity contribution in [2.75, 3.05) is 11.5 Å². The fourth-order valence-electron chi connectivity index (χ4n) is 0.941. The van der Waals surface area contributed by atoms with E-state index in [4.69, 9.17) is 0 Å². The smallest absolute Gasteiger partial charge is 0.208 e. The van der Waals surface area contributed by atoms with Gasteiger partial charge in [-0.1, -0.05) is 18.2 Å². The van der Waals surface area contributed by atoms with Crippen LogP contribution in [0.2, 0.25) is 0 Å². The Labute approximate surface area is 88.5 Å². The van der Waals surface area contributed by atoms with Gasteiger partial charge in [0.25, 0.3) is 0 Å². The number of H-pyrrole nitrogens is 1. The molecule has 1 heterocycles. The summed E-state index contributed by atoms with van der Waals surface area (Å²) in [5.74, 6) is 2.98. The maximum absolute atomic E-state index is 4.21. The fraction of sp³-hybridized carbons (Fsp3) is 0.750. The molecule has 5 heteroatoms. The van der Waals surface area contributed by atoms with Gasteiger partial charge in [-0.25, -0.2) is 4.98 Å². The van der Waals surface area contributed by atoms with Crippen LogP contribution in [0.15, 0.2) is 5.16 Å². The number of aromatic nitrogens is 3. The number of hydrogen-bond donors (Lipinski definition) is 2. The number of thioether (sulfide) groups is 1. The minimum absolute atomic E-state index is 0.864. The minimum atomic E-state index is 0.864. The van der Waals surface area contributed by atoms with Crippen LogP contribution >= 0.6 is 24.4 Å². The number of thiol groups is 1. The highest BCUT2D eigenvalue weighted by Gasteiger charge is 1.99. The van der Waals surface area contributed by atoms with Crippen LogP contribution in [0.5, 0.6) is 0 Å². The molecule has 1 rings (SSSR count). The van der Waals surface area contributed by atoms with E-state index in [1.807, 2.05) is 6.92 Å². The van der Waals surface area contributed by atoms with Crippen LogP contribution in [0.4, 0.5) is 0 Å². The van der Waals surface area contributed by atoms with Gasteiger partial charge in [-0.05, 0) is 25.5 Å². The Bertz CT molecular complexity index is 237. The Hall–Kier alpha value is -0.160. The summed E-state index contributed by atoms with van der Waals surface area (Å²) in [5.41, 5.74) is 0. The molecule has 13 heavy (non-hydrogen) atoms. The summed E-state index contributed by atoms with van der Waals surface area (Å²) >= 11 is 5.87. The molecule has 1 N–H and O–H groups in total. The fourth-order valence-corrected chi connectivity index (χ4v) is 2.01. The topological polar surface area (TPSA) is 41.6 Å². The van der Waals surface area contributed by atoms with Crippen LogP contribution in [0.1, 0.15) is 25.1 Å². The average molecular weight is 217 g/mol. The van der Waals surface area contributed by atoms with Crippen molar-refractivity contribution in [3.8, 4) is 0 Å². The average Bonchev–Trinajstić information content (AvgIpc) is 2.51. The first kappa shape index (κ1) is 10.9. The molecule has 1 aromatic rings. The molecule has 0 saturated carbocycles. The van der Waals surface area contributed by atoms with Crippen LogP contribution in [0.3, 0.4) is 0 Å². The first-order valence-electron chi connectivity index (χ1n) is 4.45. The largest absolute Gasteiger partial charge is 0.262 e. The number of aryl methyl sites for hydroxylation is 1. The van der Waals surface area contributed by atoms with Gasteiger partial charge in [0.15, 0.2) is 0 Å². The van der Waals surface area contributed by atoms with E-state index in [0.717, 1.165) is 22.5 Å². The second kappa shape index (κ2) is 6.32. The van der Waals surface area contributed by atoms with Gasteiger partial charge < -0.3 is 0 Å². The third kappa shape index (κ3) is 4.57. The molecule has 3 nitrogen and oxygen atoms in total. The summed E-state index contributed by atoms with van der Waals surface area (Å²) in [5, 5.41) is 7.74. The van der Waals surface area contributed by atoms with E-state index < -0.39 is 0 Å². The van der Waals surface area contributed by atoms with Crippen molar-refractivity contribution in [1.82, 2.24) is 15.2 Å². The van der Waals surface area contributed by atoms with Crippen LogP contribution in [0, 0.1) is 6.92 Å². The monoisotopic (exact) mass is 217 g/mol. The van der Waals surface area contributed by atoms with Crippen LogP contribution in [-0.2, 0) is 0 Å². The molecule has 0 saturated heterocycles. The molecule has 0 aliphatic heterocycles. The number of unbranched alkanes of at least 4 members (excludes halogenated alkanes) is 2. The minimum Gasteiger partial charge on any atom is -0.262 e. The quantitative estimate of drug-likeness (QED) is 0.436. The summed E-state index contributed by atoms with van der Waals surface area (Å²) in [6.45, 7) is 1.91. The lowest BCUT2D eigenvalue weighted by molar-refractivity contribution is 0.785. The molecule has 1 aromatic heterocycles. The van der Waals surface area contributed by atoms with Crippen LogP contribution in [-0.4, -0.2) is 26.7 Å². The van der Waals surface area contributed by atoms with E-state index in [2.05, 4.69) is 27.8 Å². The highest BCUT2D eigenvalue weighted by Crippen LogP contribution is 2.14. The lowest BCUT2D eigenvalue weighted by Crippen LogP contribution is -1.83. The summed E-state index contributed by atoms with van der Waals surface area (Å²) < 4.78 is 0. The van der Waals surface area contributed by atoms with Crippen LogP contribution in [0.25, 0.3) is 0 Å². The standard InChI is InChI=1S/C8H15N3S2/c1-7-9-8(11-10-7)13-6-4-2-3-5-12/h12H,2-6H2,1H3,(H,9,10,11). The second-order valence-corrected chi connectivity index (χ2v) is 4.35. The number of aromatic amines is 1. The zero-order valence-electron chi connectivity index (χ0n) is 7.79. The molecule has 0 amide bonds. The van der Waals surface area contributed by atoms with E-state index in [-0.39, 0.29) is 0 Å². The second-order valence-electron chi connectivity index (χ2n) is 2.84.